The molecule has 0 spiro atoms. The molecule has 0 atom stereocenters. The fourth-order valence-corrected chi connectivity index (χ4v) is 5.15. The van der Waals surface area contributed by atoms with Gasteiger partial charge in [0.15, 0.2) is 0 Å². The number of imide groups is 1. The highest BCUT2D eigenvalue weighted by molar-refractivity contribution is 8.18. The van der Waals surface area contributed by atoms with E-state index in [9.17, 15) is 9.59 Å². The summed E-state index contributed by atoms with van der Waals surface area (Å²) in [5, 5.41) is 12.4. The van der Waals surface area contributed by atoms with Gasteiger partial charge >= 0.3 is 0 Å². The van der Waals surface area contributed by atoms with E-state index in [1.54, 1.807) is 24.5 Å². The molecular weight excluding hydrogens is 450 g/mol. The molecule has 0 bridgehead atoms. The standard InChI is InChI=1S/C24H25N7O2S/c32-22-20(34-24(33)30-22)14-18-9-12-26-23(29-18)28-17-7-4-15(5-8-17)3-6-16-2-1-11-25-21(16)19-10-13-27-31-19/h1-2,9-15,17H,3-8H2,(H,27,31)(H,26,28,29)(H,30,32,33)/b20-14-. The highest BCUT2D eigenvalue weighted by Gasteiger charge is 2.25. The molecule has 1 saturated carbocycles. The van der Waals surface area contributed by atoms with Gasteiger partial charge < -0.3 is 5.32 Å². The van der Waals surface area contributed by atoms with E-state index in [2.05, 4.69) is 41.8 Å². The van der Waals surface area contributed by atoms with Crippen molar-refractivity contribution in [2.45, 2.75) is 44.6 Å². The SMILES string of the molecule is O=C1NC(=O)/C(=C/c2ccnc(NC3CCC(CCc4cccnc4-c4ccn[nH]4)CC3)n2)S1. The molecule has 1 aliphatic carbocycles. The molecule has 1 aliphatic heterocycles. The van der Waals surface area contributed by atoms with Gasteiger partial charge in [0.05, 0.1) is 22.0 Å². The molecule has 0 unspecified atom stereocenters. The number of nitrogens with zero attached hydrogens (tertiary/aromatic N) is 4. The molecule has 3 aromatic heterocycles. The molecule has 3 N–H and O–H groups in total. The van der Waals surface area contributed by atoms with Gasteiger partial charge in [-0.05, 0) is 86.0 Å². The third-order valence-electron chi connectivity index (χ3n) is 6.25. The van der Waals surface area contributed by atoms with Crippen molar-refractivity contribution < 1.29 is 9.59 Å². The maximum Gasteiger partial charge on any atom is 0.290 e. The average Bonchev–Trinajstić information content (AvgIpc) is 3.49. The van der Waals surface area contributed by atoms with Crippen LogP contribution in [0.4, 0.5) is 10.7 Å². The summed E-state index contributed by atoms with van der Waals surface area (Å²) in [7, 11) is 0. The Morgan fingerprint density at radius 2 is 1.94 bits per heavy atom. The van der Waals surface area contributed by atoms with Crippen LogP contribution in [0.15, 0.2) is 47.8 Å². The third-order valence-corrected chi connectivity index (χ3v) is 7.06. The van der Waals surface area contributed by atoms with E-state index in [4.69, 9.17) is 0 Å². The Morgan fingerprint density at radius 3 is 2.71 bits per heavy atom. The summed E-state index contributed by atoms with van der Waals surface area (Å²) in [4.78, 5) is 36.8. The first-order valence-electron chi connectivity index (χ1n) is 11.4. The molecule has 34 heavy (non-hydrogen) atoms. The van der Waals surface area contributed by atoms with Crippen molar-refractivity contribution in [1.82, 2.24) is 30.5 Å². The van der Waals surface area contributed by atoms with Crippen molar-refractivity contribution >= 4 is 34.9 Å². The van der Waals surface area contributed by atoms with E-state index < -0.39 is 0 Å². The zero-order valence-electron chi connectivity index (χ0n) is 18.5. The predicted molar refractivity (Wildman–Crippen MR) is 131 cm³/mol. The number of hydrogen-bond donors (Lipinski definition) is 3. The lowest BCUT2D eigenvalue weighted by atomic mass is 9.82. The molecule has 5 rings (SSSR count). The highest BCUT2D eigenvalue weighted by atomic mass is 32.2. The number of aryl methyl sites for hydroxylation is 1. The van der Waals surface area contributed by atoms with Crippen LogP contribution >= 0.6 is 11.8 Å². The number of aromatic nitrogens is 5. The lowest BCUT2D eigenvalue weighted by molar-refractivity contribution is -0.115. The minimum atomic E-state index is -0.385. The van der Waals surface area contributed by atoms with Crippen LogP contribution in [0.2, 0.25) is 0 Å². The molecule has 1 saturated heterocycles. The number of hydrogen-bond acceptors (Lipinski definition) is 8. The van der Waals surface area contributed by atoms with Crippen molar-refractivity contribution in [2.24, 2.45) is 5.92 Å². The normalized spacial score (nSPS) is 21.6. The fourth-order valence-electron chi connectivity index (χ4n) is 4.49. The van der Waals surface area contributed by atoms with E-state index in [0.717, 1.165) is 61.7 Å². The van der Waals surface area contributed by atoms with Crippen LogP contribution in [0.3, 0.4) is 0 Å². The van der Waals surface area contributed by atoms with E-state index in [0.29, 0.717) is 28.5 Å². The van der Waals surface area contributed by atoms with E-state index in [-0.39, 0.29) is 11.1 Å². The minimum Gasteiger partial charge on any atom is -0.351 e. The van der Waals surface area contributed by atoms with E-state index in [1.807, 2.05) is 18.3 Å². The number of anilines is 1. The predicted octanol–water partition coefficient (Wildman–Crippen LogP) is 4.19. The van der Waals surface area contributed by atoms with Gasteiger partial charge in [0, 0.05) is 24.6 Å². The van der Waals surface area contributed by atoms with Crippen molar-refractivity contribution in [3.05, 3.63) is 59.0 Å². The number of thioether (sulfide) groups is 1. The first kappa shape index (κ1) is 22.3. The van der Waals surface area contributed by atoms with Gasteiger partial charge in [-0.25, -0.2) is 9.97 Å². The first-order chi connectivity index (χ1) is 16.6. The number of carbonyl (C=O) groups is 2. The van der Waals surface area contributed by atoms with Crippen molar-refractivity contribution in [2.75, 3.05) is 5.32 Å². The van der Waals surface area contributed by atoms with E-state index >= 15 is 0 Å². The molecule has 2 aliphatic rings. The number of carbonyl (C=O) groups excluding carboxylic acids is 2. The molecule has 174 valence electrons. The van der Waals surface area contributed by atoms with Crippen LogP contribution in [-0.2, 0) is 11.2 Å². The van der Waals surface area contributed by atoms with Gasteiger partial charge in [-0.3, -0.25) is 25.0 Å². The van der Waals surface area contributed by atoms with Gasteiger partial charge in [0.2, 0.25) is 5.95 Å². The lowest BCUT2D eigenvalue weighted by Crippen LogP contribution is -2.27. The molecule has 3 aromatic rings. The molecule has 2 fully saturated rings. The summed E-state index contributed by atoms with van der Waals surface area (Å²) >= 11 is 0.885. The Kier molecular flexibility index (Phi) is 6.66. The Bertz CT molecular complexity index is 1200. The molecule has 4 heterocycles. The first-order valence-corrected chi connectivity index (χ1v) is 12.2. The number of pyridine rings is 1. The number of amides is 2. The smallest absolute Gasteiger partial charge is 0.290 e. The molecule has 9 nitrogen and oxygen atoms in total. The zero-order valence-corrected chi connectivity index (χ0v) is 19.3. The monoisotopic (exact) mass is 475 g/mol. The number of aromatic amines is 1. The van der Waals surface area contributed by atoms with Crippen LogP contribution < -0.4 is 10.6 Å². The average molecular weight is 476 g/mol. The Labute approximate surface area is 201 Å². The third kappa shape index (κ3) is 5.33. The summed E-state index contributed by atoms with van der Waals surface area (Å²) in [5.74, 6) is 0.844. The molecule has 2 amide bonds. The maximum absolute atomic E-state index is 11.8. The van der Waals surface area contributed by atoms with Crippen molar-refractivity contribution in [3.63, 3.8) is 0 Å². The second-order valence-corrected chi connectivity index (χ2v) is 9.55. The van der Waals surface area contributed by atoms with Gasteiger partial charge in [0.1, 0.15) is 0 Å². The number of H-pyrrole nitrogens is 1. The van der Waals surface area contributed by atoms with Crippen molar-refractivity contribution in [1.29, 1.82) is 0 Å². The van der Waals surface area contributed by atoms with E-state index in [1.165, 1.54) is 5.56 Å². The maximum atomic E-state index is 11.8. The summed E-state index contributed by atoms with van der Waals surface area (Å²) < 4.78 is 0. The topological polar surface area (TPSA) is 126 Å². The fraction of sp³-hybridized carbons (Fsp3) is 0.333. The van der Waals surface area contributed by atoms with Gasteiger partial charge in [-0.15, -0.1) is 0 Å². The van der Waals surface area contributed by atoms with Crippen LogP contribution in [0.5, 0.6) is 0 Å². The van der Waals surface area contributed by atoms with Gasteiger partial charge in [-0.2, -0.15) is 5.10 Å². The van der Waals surface area contributed by atoms with Crippen molar-refractivity contribution in [3.8, 4) is 11.4 Å². The summed E-state index contributed by atoms with van der Waals surface area (Å²) in [6.07, 6.45) is 13.4. The van der Waals surface area contributed by atoms with Crippen LogP contribution in [0.25, 0.3) is 17.5 Å². The molecular formula is C24H25N7O2S. The second-order valence-electron chi connectivity index (χ2n) is 8.54. The quantitative estimate of drug-likeness (QED) is 0.434. The number of rotatable bonds is 7. The Hall–Kier alpha value is -3.53. The molecule has 0 radical (unpaired) electrons. The van der Waals surface area contributed by atoms with Gasteiger partial charge in [-0.1, -0.05) is 6.07 Å². The second kappa shape index (κ2) is 10.2. The summed E-state index contributed by atoms with van der Waals surface area (Å²) in [6.45, 7) is 0. The zero-order chi connectivity index (χ0) is 23.3. The van der Waals surface area contributed by atoms with Crippen LogP contribution in [0, 0.1) is 5.92 Å². The minimum absolute atomic E-state index is 0.323. The van der Waals surface area contributed by atoms with Crippen LogP contribution in [0.1, 0.15) is 43.4 Å². The summed E-state index contributed by atoms with van der Waals surface area (Å²) in [5.41, 5.74) is 3.80. The number of nitrogens with one attached hydrogen (secondary N) is 3. The Balaban J connectivity index is 1.13. The lowest BCUT2D eigenvalue weighted by Gasteiger charge is -2.29. The molecule has 0 aromatic carbocycles. The highest BCUT2D eigenvalue weighted by Crippen LogP contribution is 2.31. The molecule has 10 heteroatoms. The largest absolute Gasteiger partial charge is 0.351 e. The van der Waals surface area contributed by atoms with Gasteiger partial charge in [0.25, 0.3) is 11.1 Å². The Morgan fingerprint density at radius 1 is 1.06 bits per heavy atom. The summed E-state index contributed by atoms with van der Waals surface area (Å²) in [6, 6.07) is 8.15. The van der Waals surface area contributed by atoms with Crippen LogP contribution in [-0.4, -0.2) is 42.3 Å².